The summed E-state index contributed by atoms with van der Waals surface area (Å²) in [5, 5.41) is 18.6. The fraction of sp³-hybridized carbons (Fsp3) is 0.333. The highest BCUT2D eigenvalue weighted by molar-refractivity contribution is 9.10. The molecule has 3 N–H and O–H groups in total. The summed E-state index contributed by atoms with van der Waals surface area (Å²) in [6.07, 6.45) is 1.38. The van der Waals surface area contributed by atoms with Crippen LogP contribution in [0.15, 0.2) is 52.6 Å². The van der Waals surface area contributed by atoms with Gasteiger partial charge >= 0.3 is 0 Å². The maximum Gasteiger partial charge on any atom is 0.262 e. The number of carbonyl (C=O) groups excluding carboxylic acids is 2. The third-order valence-electron chi connectivity index (χ3n) is 5.30. The van der Waals surface area contributed by atoms with Gasteiger partial charge in [0.05, 0.1) is 11.7 Å². The number of carbonyl (C=O) groups is 2. The van der Waals surface area contributed by atoms with Crippen molar-refractivity contribution in [1.29, 1.82) is 5.26 Å². The van der Waals surface area contributed by atoms with Gasteiger partial charge in [0.15, 0.2) is 0 Å². The van der Waals surface area contributed by atoms with Gasteiger partial charge in [-0.05, 0) is 46.6 Å². The van der Waals surface area contributed by atoms with E-state index in [1.165, 1.54) is 6.08 Å². The van der Waals surface area contributed by atoms with Gasteiger partial charge in [-0.1, -0.05) is 30.3 Å². The first kappa shape index (κ1) is 24.6. The molecule has 2 heterocycles. The Kier molecular flexibility index (Phi) is 9.13. The minimum absolute atomic E-state index is 0.0894. The molecule has 2 amide bonds. The lowest BCUT2D eigenvalue weighted by molar-refractivity contribution is -0.117. The summed E-state index contributed by atoms with van der Waals surface area (Å²) in [6.45, 7) is 7.02. The van der Waals surface area contributed by atoms with E-state index in [0.717, 1.165) is 38.3 Å². The van der Waals surface area contributed by atoms with Crippen molar-refractivity contribution >= 4 is 33.8 Å². The van der Waals surface area contributed by atoms with E-state index < -0.39 is 5.91 Å². The van der Waals surface area contributed by atoms with Crippen LogP contribution >= 0.6 is 15.9 Å². The topological polar surface area (TPSA) is 110 Å². The van der Waals surface area contributed by atoms with Gasteiger partial charge in [-0.2, -0.15) is 5.26 Å². The smallest absolute Gasteiger partial charge is 0.262 e. The van der Waals surface area contributed by atoms with E-state index in [9.17, 15) is 14.9 Å². The Morgan fingerprint density at radius 3 is 2.70 bits per heavy atom. The second-order valence-electron chi connectivity index (χ2n) is 7.73. The Balaban J connectivity index is 1.65. The molecule has 9 heteroatoms. The van der Waals surface area contributed by atoms with Crippen molar-refractivity contribution in [2.45, 2.75) is 13.0 Å². The third kappa shape index (κ3) is 7.49. The number of halogens is 1. The molecule has 2 aromatic rings. The van der Waals surface area contributed by atoms with Crippen molar-refractivity contribution in [2.75, 3.05) is 39.3 Å². The van der Waals surface area contributed by atoms with Crippen LogP contribution in [0.25, 0.3) is 6.08 Å². The van der Waals surface area contributed by atoms with Crippen LogP contribution in [-0.4, -0.2) is 61.0 Å². The van der Waals surface area contributed by atoms with E-state index in [0.29, 0.717) is 22.4 Å². The van der Waals surface area contributed by atoms with Gasteiger partial charge in [0.2, 0.25) is 0 Å². The summed E-state index contributed by atoms with van der Waals surface area (Å²) in [4.78, 5) is 31.8. The lowest BCUT2D eigenvalue weighted by atomic mass is 10.1. The summed E-state index contributed by atoms with van der Waals surface area (Å²) in [7, 11) is 0. The molecule has 1 saturated heterocycles. The second-order valence-corrected chi connectivity index (χ2v) is 8.54. The van der Waals surface area contributed by atoms with Crippen LogP contribution in [-0.2, 0) is 4.79 Å². The predicted octanol–water partition coefficient (Wildman–Crippen LogP) is 2.26. The number of nitriles is 1. The fourth-order valence-corrected chi connectivity index (χ4v) is 3.93. The minimum Gasteiger partial charge on any atom is -0.351 e. The quantitative estimate of drug-likeness (QED) is 0.285. The van der Waals surface area contributed by atoms with Crippen molar-refractivity contribution in [1.82, 2.24) is 25.8 Å². The largest absolute Gasteiger partial charge is 0.351 e. The van der Waals surface area contributed by atoms with Gasteiger partial charge < -0.3 is 16.0 Å². The SMILES string of the molecule is CC(NC(=O)/C(C#N)=C/c1cc(C(=O)NCCN2CCNCC2)cc(Br)n1)c1ccccc1. The number of rotatable bonds is 8. The minimum atomic E-state index is -0.502. The Bertz CT molecular complexity index is 1040. The molecule has 1 fully saturated rings. The number of nitrogens with zero attached hydrogens (tertiary/aromatic N) is 3. The second kappa shape index (κ2) is 12.3. The molecule has 1 aromatic heterocycles. The monoisotopic (exact) mass is 510 g/mol. The molecule has 0 bridgehead atoms. The zero-order chi connectivity index (χ0) is 23.6. The number of nitrogens with one attached hydrogen (secondary N) is 3. The van der Waals surface area contributed by atoms with Gasteiger partial charge in [-0.15, -0.1) is 0 Å². The molecule has 0 saturated carbocycles. The van der Waals surface area contributed by atoms with E-state index in [1.807, 2.05) is 43.3 Å². The summed E-state index contributed by atoms with van der Waals surface area (Å²) in [5.74, 6) is -0.735. The Labute approximate surface area is 202 Å². The number of benzene rings is 1. The van der Waals surface area contributed by atoms with Crippen molar-refractivity contribution < 1.29 is 9.59 Å². The van der Waals surface area contributed by atoms with E-state index in [1.54, 1.807) is 12.1 Å². The summed E-state index contributed by atoms with van der Waals surface area (Å²) >= 11 is 3.31. The summed E-state index contributed by atoms with van der Waals surface area (Å²) in [5.41, 5.74) is 1.59. The zero-order valence-corrected chi connectivity index (χ0v) is 20.1. The van der Waals surface area contributed by atoms with Crippen molar-refractivity contribution in [3.63, 3.8) is 0 Å². The molecule has 1 aliphatic heterocycles. The van der Waals surface area contributed by atoms with Crippen LogP contribution in [0.2, 0.25) is 0 Å². The molecule has 1 atom stereocenters. The maximum absolute atomic E-state index is 12.6. The zero-order valence-electron chi connectivity index (χ0n) is 18.5. The molecule has 1 aromatic carbocycles. The average molecular weight is 511 g/mol. The molecular formula is C24H27BrN6O2. The highest BCUT2D eigenvalue weighted by Crippen LogP contribution is 2.16. The Morgan fingerprint density at radius 2 is 2.00 bits per heavy atom. The molecule has 172 valence electrons. The Morgan fingerprint density at radius 1 is 1.27 bits per heavy atom. The van der Waals surface area contributed by atoms with E-state index in [2.05, 4.69) is 41.8 Å². The summed E-state index contributed by atoms with van der Waals surface area (Å²) < 4.78 is 0.443. The first-order valence-electron chi connectivity index (χ1n) is 10.8. The van der Waals surface area contributed by atoms with Crippen LogP contribution in [0, 0.1) is 11.3 Å². The van der Waals surface area contributed by atoms with Crippen molar-refractivity contribution in [3.8, 4) is 6.07 Å². The van der Waals surface area contributed by atoms with Crippen LogP contribution in [0.4, 0.5) is 0 Å². The van der Waals surface area contributed by atoms with Gasteiger partial charge in [-0.25, -0.2) is 4.98 Å². The molecule has 1 unspecified atom stereocenters. The van der Waals surface area contributed by atoms with Crippen LogP contribution in [0.5, 0.6) is 0 Å². The normalized spacial score (nSPS) is 15.4. The van der Waals surface area contributed by atoms with Gasteiger partial charge in [0.25, 0.3) is 11.8 Å². The van der Waals surface area contributed by atoms with Crippen LogP contribution in [0.1, 0.15) is 34.6 Å². The van der Waals surface area contributed by atoms with Crippen LogP contribution < -0.4 is 16.0 Å². The number of hydrogen-bond acceptors (Lipinski definition) is 6. The molecule has 3 rings (SSSR count). The maximum atomic E-state index is 12.6. The number of piperazine rings is 1. The van der Waals surface area contributed by atoms with Gasteiger partial charge in [0, 0.05) is 44.8 Å². The molecule has 8 nitrogen and oxygen atoms in total. The number of hydrogen-bond donors (Lipinski definition) is 3. The predicted molar refractivity (Wildman–Crippen MR) is 130 cm³/mol. The van der Waals surface area contributed by atoms with E-state index >= 15 is 0 Å². The molecule has 33 heavy (non-hydrogen) atoms. The summed E-state index contributed by atoms with van der Waals surface area (Å²) in [6, 6.07) is 14.3. The molecule has 0 spiro atoms. The van der Waals surface area contributed by atoms with Crippen LogP contribution in [0.3, 0.4) is 0 Å². The lowest BCUT2D eigenvalue weighted by Crippen LogP contribution is -2.46. The average Bonchev–Trinajstić information content (AvgIpc) is 2.83. The number of aromatic nitrogens is 1. The first-order valence-corrected chi connectivity index (χ1v) is 11.6. The standard InChI is InChI=1S/C24H27BrN6O2/c1-17(18-5-3-2-4-6-18)29-24(33)20(16-26)14-21-13-19(15-22(25)30-21)23(32)28-9-12-31-10-7-27-8-11-31/h2-6,13-15,17,27H,7-12H2,1H3,(H,28,32)(H,29,33)/b20-14+. The lowest BCUT2D eigenvalue weighted by Gasteiger charge is -2.27. The highest BCUT2D eigenvalue weighted by atomic mass is 79.9. The van der Waals surface area contributed by atoms with E-state index in [4.69, 9.17) is 0 Å². The molecular weight excluding hydrogens is 484 g/mol. The first-order chi connectivity index (χ1) is 16.0. The Hall–Kier alpha value is -3.06. The van der Waals surface area contributed by atoms with Crippen molar-refractivity contribution in [3.05, 3.63) is 69.5 Å². The third-order valence-corrected chi connectivity index (χ3v) is 5.71. The number of pyridine rings is 1. The molecule has 1 aliphatic rings. The van der Waals surface area contributed by atoms with Crippen molar-refractivity contribution in [2.24, 2.45) is 0 Å². The molecule has 0 aliphatic carbocycles. The fourth-order valence-electron chi connectivity index (χ4n) is 3.48. The van der Waals surface area contributed by atoms with E-state index in [-0.39, 0.29) is 17.5 Å². The number of amides is 2. The highest BCUT2D eigenvalue weighted by Gasteiger charge is 2.16. The van der Waals surface area contributed by atoms with Gasteiger partial charge in [-0.3, -0.25) is 14.5 Å². The van der Waals surface area contributed by atoms with Gasteiger partial charge in [0.1, 0.15) is 16.2 Å². The molecule has 0 radical (unpaired) electrons.